The van der Waals surface area contributed by atoms with Gasteiger partial charge in [-0.15, -0.1) is 0 Å². The van der Waals surface area contributed by atoms with E-state index >= 15 is 0 Å². The van der Waals surface area contributed by atoms with Crippen LogP contribution in [-0.4, -0.2) is 29.0 Å². The Morgan fingerprint density at radius 2 is 1.81 bits per heavy atom. The topological polar surface area (TPSA) is 83.3 Å². The monoisotopic (exact) mass is 363 g/mol. The predicted molar refractivity (Wildman–Crippen MR) is 105 cm³/mol. The maximum absolute atomic E-state index is 12.0. The lowest BCUT2D eigenvalue weighted by atomic mass is 10.2. The molecule has 0 unspecified atom stereocenters. The summed E-state index contributed by atoms with van der Waals surface area (Å²) in [4.78, 5) is 23.4. The summed E-state index contributed by atoms with van der Waals surface area (Å²) in [5.41, 5.74) is 2.09. The standard InChI is InChI=1S/C20H21N5O2/c1-14-21-18(12-19(22-14)25-9-2-3-10-25)23-16-4-6-17(7-5-16)24-20(26)15-8-11-27-13-15/h4-8,11-13H,2-3,9-10H2,1H3,(H,24,26)(H,21,22,23). The number of nitrogens with zero attached hydrogens (tertiary/aromatic N) is 3. The van der Waals surface area contributed by atoms with Gasteiger partial charge >= 0.3 is 0 Å². The van der Waals surface area contributed by atoms with E-state index in [1.807, 2.05) is 37.3 Å². The molecule has 1 fully saturated rings. The lowest BCUT2D eigenvalue weighted by Gasteiger charge is -2.18. The number of carbonyl (C=O) groups is 1. The van der Waals surface area contributed by atoms with Crippen molar-refractivity contribution in [2.24, 2.45) is 0 Å². The Labute approximate surface area is 157 Å². The number of hydrogen-bond acceptors (Lipinski definition) is 6. The second kappa shape index (κ2) is 7.49. The van der Waals surface area contributed by atoms with Crippen molar-refractivity contribution in [1.29, 1.82) is 0 Å². The molecule has 7 heteroatoms. The van der Waals surface area contributed by atoms with Crippen LogP contribution in [0.15, 0.2) is 53.3 Å². The van der Waals surface area contributed by atoms with Crippen molar-refractivity contribution in [2.45, 2.75) is 19.8 Å². The number of anilines is 4. The Kier molecular flexibility index (Phi) is 4.74. The number of benzene rings is 1. The third-order valence-corrected chi connectivity index (χ3v) is 4.45. The van der Waals surface area contributed by atoms with Crippen molar-refractivity contribution in [1.82, 2.24) is 9.97 Å². The summed E-state index contributed by atoms with van der Waals surface area (Å²) < 4.78 is 4.93. The molecule has 1 saturated heterocycles. The molecule has 2 N–H and O–H groups in total. The first-order valence-corrected chi connectivity index (χ1v) is 8.99. The zero-order chi connectivity index (χ0) is 18.6. The molecular formula is C20H21N5O2. The number of carbonyl (C=O) groups excluding carboxylic acids is 1. The molecule has 3 heterocycles. The van der Waals surface area contributed by atoms with Gasteiger partial charge in [0, 0.05) is 30.5 Å². The summed E-state index contributed by atoms with van der Waals surface area (Å²) in [6, 6.07) is 11.1. The van der Waals surface area contributed by atoms with Crippen LogP contribution in [0.2, 0.25) is 0 Å². The van der Waals surface area contributed by atoms with Gasteiger partial charge in [0.25, 0.3) is 5.91 Å². The van der Waals surface area contributed by atoms with E-state index < -0.39 is 0 Å². The normalized spacial score (nSPS) is 13.6. The molecule has 2 aromatic heterocycles. The fourth-order valence-electron chi connectivity index (χ4n) is 3.11. The first-order chi connectivity index (χ1) is 13.2. The highest BCUT2D eigenvalue weighted by atomic mass is 16.3. The smallest absolute Gasteiger partial charge is 0.258 e. The zero-order valence-corrected chi connectivity index (χ0v) is 15.1. The molecule has 0 bridgehead atoms. The number of aromatic nitrogens is 2. The summed E-state index contributed by atoms with van der Waals surface area (Å²) in [7, 11) is 0. The second-order valence-electron chi connectivity index (χ2n) is 6.52. The van der Waals surface area contributed by atoms with Crippen LogP contribution in [0.1, 0.15) is 29.0 Å². The number of rotatable bonds is 5. The molecule has 27 heavy (non-hydrogen) atoms. The molecule has 0 atom stereocenters. The quantitative estimate of drug-likeness (QED) is 0.713. The zero-order valence-electron chi connectivity index (χ0n) is 15.1. The average molecular weight is 363 g/mol. The Bertz CT molecular complexity index is 916. The van der Waals surface area contributed by atoms with Gasteiger partial charge in [-0.25, -0.2) is 9.97 Å². The molecule has 0 radical (unpaired) electrons. The first kappa shape index (κ1) is 17.1. The van der Waals surface area contributed by atoms with Crippen LogP contribution in [0.25, 0.3) is 0 Å². The van der Waals surface area contributed by atoms with Gasteiger partial charge in [-0.05, 0) is 50.1 Å². The second-order valence-corrected chi connectivity index (χ2v) is 6.52. The maximum atomic E-state index is 12.0. The molecule has 1 amide bonds. The van der Waals surface area contributed by atoms with Crippen LogP contribution in [0.4, 0.5) is 23.0 Å². The Hall–Kier alpha value is -3.35. The minimum Gasteiger partial charge on any atom is -0.472 e. The average Bonchev–Trinajstić information content (AvgIpc) is 3.37. The van der Waals surface area contributed by atoms with Gasteiger partial charge < -0.3 is 20.0 Å². The van der Waals surface area contributed by atoms with E-state index in [9.17, 15) is 4.79 Å². The van der Waals surface area contributed by atoms with Crippen LogP contribution in [0, 0.1) is 6.92 Å². The lowest BCUT2D eigenvalue weighted by Crippen LogP contribution is -2.19. The van der Waals surface area contributed by atoms with Gasteiger partial charge in [-0.1, -0.05) is 0 Å². The van der Waals surface area contributed by atoms with Crippen LogP contribution < -0.4 is 15.5 Å². The van der Waals surface area contributed by atoms with E-state index in [-0.39, 0.29) is 5.91 Å². The van der Waals surface area contributed by atoms with Gasteiger partial charge in [0.05, 0.1) is 11.8 Å². The third kappa shape index (κ3) is 4.08. The van der Waals surface area contributed by atoms with Crippen LogP contribution in [-0.2, 0) is 0 Å². The van der Waals surface area contributed by atoms with Gasteiger partial charge in [-0.3, -0.25) is 4.79 Å². The first-order valence-electron chi connectivity index (χ1n) is 8.99. The fraction of sp³-hybridized carbons (Fsp3) is 0.250. The highest BCUT2D eigenvalue weighted by Crippen LogP contribution is 2.23. The van der Waals surface area contributed by atoms with Gasteiger partial charge in [-0.2, -0.15) is 0 Å². The van der Waals surface area contributed by atoms with E-state index in [1.54, 1.807) is 6.07 Å². The van der Waals surface area contributed by atoms with E-state index in [0.717, 1.165) is 36.2 Å². The minimum atomic E-state index is -0.203. The summed E-state index contributed by atoms with van der Waals surface area (Å²) >= 11 is 0. The van der Waals surface area contributed by atoms with Crippen LogP contribution in [0.3, 0.4) is 0 Å². The van der Waals surface area contributed by atoms with Crippen molar-refractivity contribution in [3.8, 4) is 0 Å². The number of amides is 1. The highest BCUT2D eigenvalue weighted by molar-refractivity contribution is 6.04. The van der Waals surface area contributed by atoms with Crippen molar-refractivity contribution < 1.29 is 9.21 Å². The Morgan fingerprint density at radius 1 is 1.07 bits per heavy atom. The Balaban J connectivity index is 1.44. The number of furan rings is 1. The lowest BCUT2D eigenvalue weighted by molar-refractivity contribution is 0.102. The fourth-order valence-corrected chi connectivity index (χ4v) is 3.11. The van der Waals surface area contributed by atoms with Crippen LogP contribution >= 0.6 is 0 Å². The molecule has 0 spiro atoms. The number of aryl methyl sites for hydroxylation is 1. The van der Waals surface area contributed by atoms with E-state index in [2.05, 4.69) is 25.5 Å². The Morgan fingerprint density at radius 3 is 2.52 bits per heavy atom. The largest absolute Gasteiger partial charge is 0.472 e. The molecular weight excluding hydrogens is 342 g/mol. The third-order valence-electron chi connectivity index (χ3n) is 4.45. The van der Waals surface area contributed by atoms with E-state index in [1.165, 1.54) is 25.4 Å². The van der Waals surface area contributed by atoms with E-state index in [4.69, 9.17) is 4.42 Å². The number of hydrogen-bond donors (Lipinski definition) is 2. The SMILES string of the molecule is Cc1nc(Nc2ccc(NC(=O)c3ccoc3)cc2)cc(N2CCCC2)n1. The van der Waals surface area contributed by atoms with Crippen molar-refractivity contribution >= 4 is 28.9 Å². The summed E-state index contributed by atoms with van der Waals surface area (Å²) in [5, 5.41) is 6.14. The molecule has 0 saturated carbocycles. The van der Waals surface area contributed by atoms with Gasteiger partial charge in [0.2, 0.25) is 0 Å². The molecule has 3 aromatic rings. The predicted octanol–water partition coefficient (Wildman–Crippen LogP) is 3.97. The number of nitrogens with one attached hydrogen (secondary N) is 2. The highest BCUT2D eigenvalue weighted by Gasteiger charge is 2.15. The van der Waals surface area contributed by atoms with Crippen molar-refractivity contribution in [3.05, 3.63) is 60.3 Å². The van der Waals surface area contributed by atoms with Crippen LogP contribution in [0.5, 0.6) is 0 Å². The molecule has 0 aliphatic carbocycles. The molecule has 138 valence electrons. The van der Waals surface area contributed by atoms with Gasteiger partial charge in [0.1, 0.15) is 23.7 Å². The van der Waals surface area contributed by atoms with Gasteiger partial charge in [0.15, 0.2) is 0 Å². The summed E-state index contributed by atoms with van der Waals surface area (Å²) in [5.74, 6) is 2.27. The van der Waals surface area contributed by atoms with E-state index in [0.29, 0.717) is 11.3 Å². The van der Waals surface area contributed by atoms with Crippen molar-refractivity contribution in [3.63, 3.8) is 0 Å². The van der Waals surface area contributed by atoms with Crippen molar-refractivity contribution in [2.75, 3.05) is 28.6 Å². The molecule has 7 nitrogen and oxygen atoms in total. The molecule has 1 aliphatic rings. The maximum Gasteiger partial charge on any atom is 0.258 e. The molecule has 1 aromatic carbocycles. The minimum absolute atomic E-state index is 0.203. The molecule has 4 rings (SSSR count). The molecule has 1 aliphatic heterocycles. The summed E-state index contributed by atoms with van der Waals surface area (Å²) in [6.07, 6.45) is 5.30. The summed E-state index contributed by atoms with van der Waals surface area (Å²) in [6.45, 7) is 3.99.